The van der Waals surface area contributed by atoms with E-state index in [4.69, 9.17) is 19.2 Å². The lowest BCUT2D eigenvalue weighted by Gasteiger charge is -2.18. The Balaban J connectivity index is 1.66. The van der Waals surface area contributed by atoms with E-state index in [9.17, 15) is 4.79 Å². The van der Waals surface area contributed by atoms with Crippen LogP contribution in [0, 0.1) is 0 Å². The van der Waals surface area contributed by atoms with Gasteiger partial charge in [-0.05, 0) is 35.9 Å². The normalized spacial score (nSPS) is 12.9. The summed E-state index contributed by atoms with van der Waals surface area (Å²) in [6, 6.07) is 14.7. The Morgan fingerprint density at radius 3 is 2.75 bits per heavy atom. The van der Waals surface area contributed by atoms with Crippen LogP contribution in [0.2, 0.25) is 0 Å². The van der Waals surface area contributed by atoms with Gasteiger partial charge in [-0.3, -0.25) is 9.89 Å². The zero-order valence-electron chi connectivity index (χ0n) is 15.1. The molecule has 4 aromatic rings. The van der Waals surface area contributed by atoms with Crippen LogP contribution in [-0.2, 0) is 0 Å². The van der Waals surface area contributed by atoms with Gasteiger partial charge in [0.15, 0.2) is 17.1 Å². The molecule has 0 atom stereocenters. The second-order valence-corrected chi connectivity index (χ2v) is 6.42. The Bertz CT molecular complexity index is 1240. The molecule has 3 heterocycles. The topological polar surface area (TPSA) is 77.9 Å². The summed E-state index contributed by atoms with van der Waals surface area (Å²) in [5.41, 5.74) is 3.45. The predicted molar refractivity (Wildman–Crippen MR) is 104 cm³/mol. The maximum atomic E-state index is 12.6. The van der Waals surface area contributed by atoms with Gasteiger partial charge in [0.1, 0.15) is 19.0 Å². The van der Waals surface area contributed by atoms with E-state index in [0.29, 0.717) is 36.1 Å². The summed E-state index contributed by atoms with van der Waals surface area (Å²) in [6.07, 6.45) is 1.77. The monoisotopic (exact) mass is 375 g/mol. The number of aromatic amines is 1. The molecule has 0 saturated heterocycles. The van der Waals surface area contributed by atoms with E-state index in [1.807, 2.05) is 42.5 Å². The number of benzene rings is 2. The minimum absolute atomic E-state index is 0.191. The zero-order valence-corrected chi connectivity index (χ0v) is 15.1. The fourth-order valence-electron chi connectivity index (χ4n) is 3.33. The van der Waals surface area contributed by atoms with E-state index in [0.717, 1.165) is 22.4 Å². The molecule has 140 valence electrons. The number of hydrogen-bond donors (Lipinski definition) is 1. The third-order valence-corrected chi connectivity index (χ3v) is 4.72. The molecule has 1 aliphatic rings. The quantitative estimate of drug-likeness (QED) is 0.595. The number of methoxy groups -OCH3 is 1. The first-order valence-electron chi connectivity index (χ1n) is 8.88. The van der Waals surface area contributed by atoms with Crippen LogP contribution in [0.4, 0.5) is 0 Å². The molecule has 5 rings (SSSR count). The Morgan fingerprint density at radius 2 is 1.89 bits per heavy atom. The van der Waals surface area contributed by atoms with Crippen molar-refractivity contribution in [2.24, 2.45) is 0 Å². The van der Waals surface area contributed by atoms with E-state index in [1.54, 1.807) is 13.3 Å². The lowest BCUT2D eigenvalue weighted by Crippen LogP contribution is -2.16. The summed E-state index contributed by atoms with van der Waals surface area (Å²) in [5, 5.41) is 2.98. The smallest absolute Gasteiger partial charge is 0.273 e. The lowest BCUT2D eigenvalue weighted by molar-refractivity contribution is 0.171. The summed E-state index contributed by atoms with van der Waals surface area (Å²) in [7, 11) is 1.62. The average molecular weight is 375 g/mol. The maximum Gasteiger partial charge on any atom is 0.273 e. The Hall–Kier alpha value is -3.74. The molecule has 0 saturated carbocycles. The fraction of sp³-hybridized carbons (Fsp3) is 0.143. The Morgan fingerprint density at radius 1 is 1.04 bits per heavy atom. The van der Waals surface area contributed by atoms with Crippen molar-refractivity contribution in [2.75, 3.05) is 20.3 Å². The molecule has 0 amide bonds. The molecule has 1 N–H and O–H groups in total. The van der Waals surface area contributed by atoms with Crippen molar-refractivity contribution in [2.45, 2.75) is 0 Å². The first-order chi connectivity index (χ1) is 13.7. The molecule has 1 aliphatic heterocycles. The molecule has 7 heteroatoms. The molecule has 0 radical (unpaired) electrons. The largest absolute Gasteiger partial charge is 0.497 e. The molecule has 28 heavy (non-hydrogen) atoms. The minimum Gasteiger partial charge on any atom is -0.497 e. The number of H-pyrrole nitrogens is 1. The van der Waals surface area contributed by atoms with Crippen molar-refractivity contribution < 1.29 is 14.2 Å². The van der Waals surface area contributed by atoms with E-state index in [2.05, 4.69) is 5.10 Å². The van der Waals surface area contributed by atoms with Gasteiger partial charge in [0.05, 0.1) is 12.8 Å². The van der Waals surface area contributed by atoms with Crippen LogP contribution in [0.1, 0.15) is 0 Å². The second kappa shape index (κ2) is 6.45. The molecule has 0 bridgehead atoms. The van der Waals surface area contributed by atoms with Crippen LogP contribution in [0.25, 0.3) is 28.0 Å². The van der Waals surface area contributed by atoms with E-state index in [1.165, 1.54) is 10.6 Å². The highest BCUT2D eigenvalue weighted by molar-refractivity contribution is 5.79. The standard InChI is InChI=1S/C21H17N3O4/c1-26-15-4-2-3-13(9-15)16-12-22-24-20(25)11-17(23-21(16)24)14-5-6-18-19(10-14)28-8-7-27-18/h2-6,9-12,22H,7-8H2,1H3. The third kappa shape index (κ3) is 2.68. The highest BCUT2D eigenvalue weighted by atomic mass is 16.6. The molecule has 0 fully saturated rings. The van der Waals surface area contributed by atoms with E-state index < -0.39 is 0 Å². The zero-order chi connectivity index (χ0) is 19.1. The van der Waals surface area contributed by atoms with Crippen LogP contribution in [0.3, 0.4) is 0 Å². The number of rotatable bonds is 3. The Kier molecular flexibility index (Phi) is 3.79. The molecular weight excluding hydrogens is 358 g/mol. The van der Waals surface area contributed by atoms with Gasteiger partial charge in [0, 0.05) is 23.4 Å². The summed E-state index contributed by atoms with van der Waals surface area (Å²) in [6.45, 7) is 1.04. The number of aromatic nitrogens is 3. The second-order valence-electron chi connectivity index (χ2n) is 6.42. The van der Waals surface area contributed by atoms with E-state index >= 15 is 0 Å². The van der Waals surface area contributed by atoms with Gasteiger partial charge in [-0.15, -0.1) is 0 Å². The predicted octanol–water partition coefficient (Wildman–Crippen LogP) is 3.14. The highest BCUT2D eigenvalue weighted by Gasteiger charge is 2.16. The van der Waals surface area contributed by atoms with Gasteiger partial charge >= 0.3 is 0 Å². The molecule has 0 aliphatic carbocycles. The van der Waals surface area contributed by atoms with Crippen LogP contribution in [0.15, 0.2) is 59.5 Å². The molecule has 2 aromatic heterocycles. The van der Waals surface area contributed by atoms with Gasteiger partial charge in [0.25, 0.3) is 5.56 Å². The maximum absolute atomic E-state index is 12.6. The Labute approximate surface area is 160 Å². The number of ether oxygens (including phenoxy) is 3. The molecule has 2 aromatic carbocycles. The van der Waals surface area contributed by atoms with Crippen molar-refractivity contribution in [3.05, 3.63) is 65.1 Å². The lowest BCUT2D eigenvalue weighted by atomic mass is 10.1. The summed E-state index contributed by atoms with van der Waals surface area (Å²) in [5.74, 6) is 2.10. The van der Waals surface area contributed by atoms with Crippen molar-refractivity contribution in [3.63, 3.8) is 0 Å². The van der Waals surface area contributed by atoms with Crippen LogP contribution < -0.4 is 19.8 Å². The van der Waals surface area contributed by atoms with Crippen LogP contribution in [0.5, 0.6) is 17.2 Å². The van der Waals surface area contributed by atoms with Crippen molar-refractivity contribution in [1.29, 1.82) is 0 Å². The van der Waals surface area contributed by atoms with Crippen molar-refractivity contribution in [1.82, 2.24) is 14.6 Å². The highest BCUT2D eigenvalue weighted by Crippen LogP contribution is 2.34. The molecule has 0 unspecified atom stereocenters. The van der Waals surface area contributed by atoms with Crippen LogP contribution >= 0.6 is 0 Å². The minimum atomic E-state index is -0.191. The van der Waals surface area contributed by atoms with Gasteiger partial charge in [-0.2, -0.15) is 0 Å². The first kappa shape index (κ1) is 16.4. The van der Waals surface area contributed by atoms with Gasteiger partial charge in [0.2, 0.25) is 0 Å². The summed E-state index contributed by atoms with van der Waals surface area (Å²) in [4.78, 5) is 17.4. The number of nitrogens with zero attached hydrogens (tertiary/aromatic N) is 2. The first-order valence-corrected chi connectivity index (χ1v) is 8.88. The summed E-state index contributed by atoms with van der Waals surface area (Å²) >= 11 is 0. The van der Waals surface area contributed by atoms with Gasteiger partial charge in [-0.1, -0.05) is 12.1 Å². The van der Waals surface area contributed by atoms with E-state index in [-0.39, 0.29) is 5.56 Å². The number of fused-ring (bicyclic) bond motifs is 2. The van der Waals surface area contributed by atoms with Crippen molar-refractivity contribution >= 4 is 5.65 Å². The summed E-state index contributed by atoms with van der Waals surface area (Å²) < 4.78 is 18.0. The fourth-order valence-corrected chi connectivity index (χ4v) is 3.33. The molecule has 0 spiro atoms. The molecule has 7 nitrogen and oxygen atoms in total. The van der Waals surface area contributed by atoms with Gasteiger partial charge < -0.3 is 14.2 Å². The van der Waals surface area contributed by atoms with Crippen LogP contribution in [-0.4, -0.2) is 34.9 Å². The van der Waals surface area contributed by atoms with Crippen molar-refractivity contribution in [3.8, 4) is 39.6 Å². The SMILES string of the molecule is COc1cccc(-c2c[nH]n3c(=O)cc(-c4ccc5c(c4)OCCO5)nc23)c1. The number of nitrogens with one attached hydrogen (secondary N) is 1. The molecular formula is C21H17N3O4. The number of hydrogen-bond acceptors (Lipinski definition) is 5. The van der Waals surface area contributed by atoms with Gasteiger partial charge in [-0.25, -0.2) is 9.50 Å². The third-order valence-electron chi connectivity index (χ3n) is 4.72. The average Bonchev–Trinajstić information content (AvgIpc) is 3.18.